The minimum absolute atomic E-state index is 0.00144. The molecule has 0 bridgehead atoms. The fourth-order valence-electron chi connectivity index (χ4n) is 1.97. The highest BCUT2D eigenvalue weighted by atomic mass is 16.4. The first-order valence-corrected chi connectivity index (χ1v) is 4.60. The minimum atomic E-state index is -1.92. The maximum atomic E-state index is 10.9. The fourth-order valence-corrected chi connectivity index (χ4v) is 1.97. The molecule has 6 nitrogen and oxygen atoms in total. The van der Waals surface area contributed by atoms with Crippen LogP contribution in [0.15, 0.2) is 0 Å². The summed E-state index contributed by atoms with van der Waals surface area (Å²) in [5.74, 6) is -4.88. The Kier molecular flexibility index (Phi) is 2.97. The van der Waals surface area contributed by atoms with Gasteiger partial charge in [-0.3, -0.25) is 14.4 Å². The van der Waals surface area contributed by atoms with Crippen molar-refractivity contribution >= 4 is 17.9 Å². The molecule has 3 N–H and O–H groups in total. The molecule has 0 radical (unpaired) electrons. The Morgan fingerprint density at radius 1 is 1.07 bits per heavy atom. The lowest BCUT2D eigenvalue weighted by molar-refractivity contribution is -0.169. The number of carboxylic acids is 3. The van der Waals surface area contributed by atoms with Gasteiger partial charge in [-0.25, -0.2) is 0 Å². The minimum Gasteiger partial charge on any atom is -0.481 e. The van der Waals surface area contributed by atoms with Crippen molar-refractivity contribution in [1.29, 1.82) is 0 Å². The molecular weight excluding hydrogens is 204 g/mol. The van der Waals surface area contributed by atoms with Crippen molar-refractivity contribution < 1.29 is 29.7 Å². The van der Waals surface area contributed by atoms with E-state index >= 15 is 0 Å². The van der Waals surface area contributed by atoms with E-state index < -0.39 is 29.2 Å². The summed E-state index contributed by atoms with van der Waals surface area (Å²) in [7, 11) is 0. The zero-order chi connectivity index (χ0) is 11.6. The molecule has 0 amide bonds. The molecule has 0 unspecified atom stereocenters. The van der Waals surface area contributed by atoms with Gasteiger partial charge < -0.3 is 15.3 Å². The van der Waals surface area contributed by atoms with Crippen molar-refractivity contribution in [2.24, 2.45) is 11.3 Å². The van der Waals surface area contributed by atoms with Gasteiger partial charge in [0.05, 0.1) is 5.92 Å². The van der Waals surface area contributed by atoms with Crippen molar-refractivity contribution in [1.82, 2.24) is 0 Å². The SMILES string of the molecule is O=C(O)[C@H]1CCCC(C(=O)O)(C(=O)O)C1. The molecule has 1 rings (SSSR count). The normalized spacial score (nSPS) is 24.4. The topological polar surface area (TPSA) is 112 Å². The van der Waals surface area contributed by atoms with Gasteiger partial charge in [0.25, 0.3) is 0 Å². The van der Waals surface area contributed by atoms with Crippen LogP contribution in [0.3, 0.4) is 0 Å². The van der Waals surface area contributed by atoms with Crippen LogP contribution in [-0.2, 0) is 14.4 Å². The van der Waals surface area contributed by atoms with Gasteiger partial charge in [0.2, 0.25) is 0 Å². The molecule has 1 atom stereocenters. The largest absolute Gasteiger partial charge is 0.481 e. The number of aliphatic carboxylic acids is 3. The summed E-state index contributed by atoms with van der Waals surface area (Å²) >= 11 is 0. The predicted molar refractivity (Wildman–Crippen MR) is 47.3 cm³/mol. The van der Waals surface area contributed by atoms with Crippen molar-refractivity contribution in [3.63, 3.8) is 0 Å². The smallest absolute Gasteiger partial charge is 0.321 e. The Labute approximate surface area is 85.5 Å². The van der Waals surface area contributed by atoms with Crippen LogP contribution in [0.2, 0.25) is 0 Å². The van der Waals surface area contributed by atoms with E-state index in [1.165, 1.54) is 0 Å². The molecule has 84 valence electrons. The lowest BCUT2D eigenvalue weighted by atomic mass is 9.69. The quantitative estimate of drug-likeness (QED) is 0.589. The van der Waals surface area contributed by atoms with Crippen molar-refractivity contribution in [2.45, 2.75) is 25.7 Å². The van der Waals surface area contributed by atoms with Crippen LogP contribution in [0.1, 0.15) is 25.7 Å². The third-order valence-corrected chi connectivity index (χ3v) is 2.92. The van der Waals surface area contributed by atoms with Crippen molar-refractivity contribution in [3.8, 4) is 0 Å². The lowest BCUT2D eigenvalue weighted by Gasteiger charge is -2.32. The van der Waals surface area contributed by atoms with E-state index in [-0.39, 0.29) is 12.8 Å². The van der Waals surface area contributed by atoms with E-state index in [2.05, 4.69) is 0 Å². The molecule has 0 spiro atoms. The highest BCUT2D eigenvalue weighted by molar-refractivity contribution is 5.98. The standard InChI is InChI=1S/C9H12O6/c10-6(11)5-2-1-3-9(4-5,7(12)13)8(14)15/h5H,1-4H2,(H,10,11)(H,12,13)(H,14,15)/t5-/m0/s1. The number of carboxylic acid groups (broad SMARTS) is 3. The van der Waals surface area contributed by atoms with Gasteiger partial charge in [0.1, 0.15) is 0 Å². The van der Waals surface area contributed by atoms with E-state index in [0.717, 1.165) is 0 Å². The Morgan fingerprint density at radius 3 is 2.00 bits per heavy atom. The Hall–Kier alpha value is -1.59. The summed E-state index contributed by atoms with van der Waals surface area (Å²) in [6.07, 6.45) is 0.335. The first-order chi connectivity index (χ1) is 6.90. The summed E-state index contributed by atoms with van der Waals surface area (Å²) in [4.78, 5) is 32.5. The molecule has 0 aromatic rings. The molecule has 0 heterocycles. The molecular formula is C9H12O6. The summed E-state index contributed by atoms with van der Waals surface area (Å²) in [5.41, 5.74) is -1.92. The Balaban J connectivity index is 2.95. The monoisotopic (exact) mass is 216 g/mol. The summed E-state index contributed by atoms with van der Waals surface area (Å²) < 4.78 is 0. The number of carbonyl (C=O) groups is 3. The fraction of sp³-hybridized carbons (Fsp3) is 0.667. The van der Waals surface area contributed by atoms with Gasteiger partial charge in [0.15, 0.2) is 5.41 Å². The van der Waals surface area contributed by atoms with Gasteiger partial charge >= 0.3 is 17.9 Å². The molecule has 1 fully saturated rings. The zero-order valence-electron chi connectivity index (χ0n) is 7.97. The average Bonchev–Trinajstić information content (AvgIpc) is 2.17. The number of rotatable bonds is 3. The van der Waals surface area contributed by atoms with Gasteiger partial charge in [-0.05, 0) is 19.3 Å². The van der Waals surface area contributed by atoms with Crippen molar-refractivity contribution in [3.05, 3.63) is 0 Å². The summed E-state index contributed by atoms with van der Waals surface area (Å²) in [6.45, 7) is 0. The van der Waals surface area contributed by atoms with E-state index in [1.807, 2.05) is 0 Å². The van der Waals surface area contributed by atoms with Crippen LogP contribution in [0.25, 0.3) is 0 Å². The Bertz CT molecular complexity index is 294. The van der Waals surface area contributed by atoms with Gasteiger partial charge in [0, 0.05) is 0 Å². The lowest BCUT2D eigenvalue weighted by Crippen LogP contribution is -2.44. The molecule has 0 aliphatic heterocycles. The van der Waals surface area contributed by atoms with Crippen LogP contribution in [0, 0.1) is 11.3 Å². The second kappa shape index (κ2) is 3.88. The van der Waals surface area contributed by atoms with Crippen LogP contribution in [0.4, 0.5) is 0 Å². The molecule has 0 aromatic carbocycles. The van der Waals surface area contributed by atoms with Crippen LogP contribution >= 0.6 is 0 Å². The average molecular weight is 216 g/mol. The second-order valence-corrected chi connectivity index (χ2v) is 3.82. The molecule has 6 heteroatoms. The zero-order valence-corrected chi connectivity index (χ0v) is 7.97. The maximum Gasteiger partial charge on any atom is 0.321 e. The number of hydrogen-bond donors (Lipinski definition) is 3. The van der Waals surface area contributed by atoms with Crippen LogP contribution in [-0.4, -0.2) is 33.2 Å². The second-order valence-electron chi connectivity index (χ2n) is 3.82. The van der Waals surface area contributed by atoms with E-state index in [9.17, 15) is 14.4 Å². The van der Waals surface area contributed by atoms with Crippen LogP contribution in [0.5, 0.6) is 0 Å². The van der Waals surface area contributed by atoms with E-state index in [1.54, 1.807) is 0 Å². The molecule has 0 aromatic heterocycles. The summed E-state index contributed by atoms with van der Waals surface area (Å²) in [6, 6.07) is 0. The third-order valence-electron chi connectivity index (χ3n) is 2.92. The molecule has 15 heavy (non-hydrogen) atoms. The van der Waals surface area contributed by atoms with Gasteiger partial charge in [-0.1, -0.05) is 6.42 Å². The van der Waals surface area contributed by atoms with E-state index in [0.29, 0.717) is 12.8 Å². The van der Waals surface area contributed by atoms with Gasteiger partial charge in [-0.15, -0.1) is 0 Å². The predicted octanol–water partition coefficient (Wildman–Crippen LogP) is 0.417. The summed E-state index contributed by atoms with van der Waals surface area (Å²) in [5, 5.41) is 26.5. The molecule has 1 saturated carbocycles. The van der Waals surface area contributed by atoms with Crippen molar-refractivity contribution in [2.75, 3.05) is 0 Å². The highest BCUT2D eigenvalue weighted by Gasteiger charge is 2.51. The molecule has 1 aliphatic rings. The third kappa shape index (κ3) is 1.93. The maximum absolute atomic E-state index is 10.9. The number of hydrogen-bond acceptors (Lipinski definition) is 3. The van der Waals surface area contributed by atoms with Gasteiger partial charge in [-0.2, -0.15) is 0 Å². The first kappa shape index (κ1) is 11.5. The van der Waals surface area contributed by atoms with Crippen LogP contribution < -0.4 is 0 Å². The molecule has 1 aliphatic carbocycles. The highest BCUT2D eigenvalue weighted by Crippen LogP contribution is 2.40. The molecule has 0 saturated heterocycles. The first-order valence-electron chi connectivity index (χ1n) is 4.60. The Morgan fingerprint density at radius 2 is 1.60 bits per heavy atom. The van der Waals surface area contributed by atoms with E-state index in [4.69, 9.17) is 15.3 Å².